The molecule has 2 aromatic rings. The molecule has 5 heteroatoms. The molecule has 0 aliphatic carbocycles. The van der Waals surface area contributed by atoms with Gasteiger partial charge in [-0.3, -0.25) is 0 Å². The molecule has 2 rings (SSSR count). The average Bonchev–Trinajstić information content (AvgIpc) is 2.37. The minimum absolute atomic E-state index is 0.0669. The SMILES string of the molecule is Fc1c(Cl)cccc1C(Cl)Cc1ccc(Cl)c(Cl)c1. The van der Waals surface area contributed by atoms with Gasteiger partial charge in [-0.05, 0) is 30.2 Å². The van der Waals surface area contributed by atoms with Gasteiger partial charge in [0.05, 0.1) is 20.4 Å². The normalized spacial score (nSPS) is 12.5. The molecule has 0 saturated heterocycles. The van der Waals surface area contributed by atoms with E-state index in [0.29, 0.717) is 22.0 Å². The first-order valence-electron chi connectivity index (χ1n) is 5.51. The number of hydrogen-bond donors (Lipinski definition) is 0. The third kappa shape index (κ3) is 3.55. The Labute approximate surface area is 131 Å². The average molecular weight is 338 g/mol. The van der Waals surface area contributed by atoms with Gasteiger partial charge in [0.25, 0.3) is 0 Å². The van der Waals surface area contributed by atoms with Crippen LogP contribution in [-0.2, 0) is 6.42 Å². The van der Waals surface area contributed by atoms with Gasteiger partial charge in [0.2, 0.25) is 0 Å². The topological polar surface area (TPSA) is 0 Å². The third-order valence-electron chi connectivity index (χ3n) is 2.72. The molecule has 2 aromatic carbocycles. The fraction of sp³-hybridized carbons (Fsp3) is 0.143. The Balaban J connectivity index is 2.23. The van der Waals surface area contributed by atoms with Gasteiger partial charge in [-0.2, -0.15) is 0 Å². The quantitative estimate of drug-likeness (QED) is 0.576. The van der Waals surface area contributed by atoms with E-state index in [4.69, 9.17) is 46.4 Å². The van der Waals surface area contributed by atoms with Gasteiger partial charge < -0.3 is 0 Å². The molecule has 1 atom stereocenters. The molecule has 0 fully saturated rings. The molecule has 0 nitrogen and oxygen atoms in total. The van der Waals surface area contributed by atoms with Crippen LogP contribution in [0.4, 0.5) is 4.39 Å². The van der Waals surface area contributed by atoms with Gasteiger partial charge in [-0.15, -0.1) is 11.6 Å². The third-order valence-corrected chi connectivity index (χ3v) is 4.14. The van der Waals surface area contributed by atoms with Crippen molar-refractivity contribution in [1.29, 1.82) is 0 Å². The lowest BCUT2D eigenvalue weighted by Gasteiger charge is -2.12. The maximum atomic E-state index is 13.8. The zero-order chi connectivity index (χ0) is 14.0. The molecule has 0 spiro atoms. The van der Waals surface area contributed by atoms with Crippen LogP contribution in [0, 0.1) is 5.82 Å². The molecule has 0 bridgehead atoms. The van der Waals surface area contributed by atoms with Crippen LogP contribution < -0.4 is 0 Å². The largest absolute Gasteiger partial charge is 0.205 e. The van der Waals surface area contributed by atoms with Crippen LogP contribution in [0.3, 0.4) is 0 Å². The smallest absolute Gasteiger partial charge is 0.146 e. The van der Waals surface area contributed by atoms with Gasteiger partial charge in [0.15, 0.2) is 0 Å². The van der Waals surface area contributed by atoms with Crippen molar-refractivity contribution >= 4 is 46.4 Å². The van der Waals surface area contributed by atoms with E-state index >= 15 is 0 Å². The number of rotatable bonds is 3. The van der Waals surface area contributed by atoms with Crippen LogP contribution in [0.15, 0.2) is 36.4 Å². The lowest BCUT2D eigenvalue weighted by atomic mass is 10.0. The molecule has 1 unspecified atom stereocenters. The Hall–Kier alpha value is -0.470. The minimum Gasteiger partial charge on any atom is -0.205 e. The molecule has 0 heterocycles. The van der Waals surface area contributed by atoms with E-state index in [1.54, 1.807) is 24.3 Å². The molecule has 19 heavy (non-hydrogen) atoms. The molecule has 100 valence electrons. The molecule has 0 radical (unpaired) electrons. The lowest BCUT2D eigenvalue weighted by Crippen LogP contribution is -1.99. The highest BCUT2D eigenvalue weighted by Crippen LogP contribution is 2.32. The fourth-order valence-corrected chi connectivity index (χ4v) is 2.60. The Kier molecular flexibility index (Phi) is 4.97. The van der Waals surface area contributed by atoms with E-state index in [1.165, 1.54) is 6.07 Å². The summed E-state index contributed by atoms with van der Waals surface area (Å²) in [6.45, 7) is 0. The zero-order valence-electron chi connectivity index (χ0n) is 9.64. The van der Waals surface area contributed by atoms with Crippen molar-refractivity contribution < 1.29 is 4.39 Å². The van der Waals surface area contributed by atoms with Crippen LogP contribution in [0.1, 0.15) is 16.5 Å². The zero-order valence-corrected chi connectivity index (χ0v) is 12.7. The molecular weight excluding hydrogens is 329 g/mol. The van der Waals surface area contributed by atoms with Gasteiger partial charge in [0.1, 0.15) is 5.82 Å². The van der Waals surface area contributed by atoms with E-state index < -0.39 is 11.2 Å². The van der Waals surface area contributed by atoms with Crippen molar-refractivity contribution in [3.63, 3.8) is 0 Å². The molecule has 0 amide bonds. The van der Waals surface area contributed by atoms with Crippen LogP contribution in [-0.4, -0.2) is 0 Å². The Morgan fingerprint density at radius 1 is 0.947 bits per heavy atom. The highest BCUT2D eigenvalue weighted by Gasteiger charge is 2.16. The van der Waals surface area contributed by atoms with Gasteiger partial charge >= 0.3 is 0 Å². The predicted molar refractivity (Wildman–Crippen MR) is 80.2 cm³/mol. The van der Waals surface area contributed by atoms with E-state index in [-0.39, 0.29) is 5.02 Å². The summed E-state index contributed by atoms with van der Waals surface area (Å²) in [5.41, 5.74) is 1.26. The lowest BCUT2D eigenvalue weighted by molar-refractivity contribution is 0.606. The summed E-state index contributed by atoms with van der Waals surface area (Å²) in [6, 6.07) is 10.0. The van der Waals surface area contributed by atoms with Crippen molar-refractivity contribution in [2.75, 3.05) is 0 Å². The second-order valence-electron chi connectivity index (χ2n) is 4.06. The van der Waals surface area contributed by atoms with E-state index in [2.05, 4.69) is 0 Å². The van der Waals surface area contributed by atoms with Crippen LogP contribution >= 0.6 is 46.4 Å². The summed E-state index contributed by atoms with van der Waals surface area (Å²) in [5, 5.41) is 0.480. The number of hydrogen-bond acceptors (Lipinski definition) is 0. The monoisotopic (exact) mass is 336 g/mol. The number of alkyl halides is 1. The van der Waals surface area contributed by atoms with Gasteiger partial charge in [-0.25, -0.2) is 4.39 Å². The summed E-state index contributed by atoms with van der Waals surface area (Å²) in [4.78, 5) is 0. The Morgan fingerprint density at radius 2 is 1.68 bits per heavy atom. The Morgan fingerprint density at radius 3 is 2.37 bits per heavy atom. The summed E-state index contributed by atoms with van der Waals surface area (Å²) >= 11 is 23.7. The van der Waals surface area contributed by atoms with Gasteiger partial charge in [-0.1, -0.05) is 53.0 Å². The minimum atomic E-state index is -0.518. The maximum absolute atomic E-state index is 13.8. The van der Waals surface area contributed by atoms with E-state index in [1.807, 2.05) is 6.07 Å². The van der Waals surface area contributed by atoms with E-state index in [0.717, 1.165) is 5.56 Å². The molecule has 0 aliphatic rings. The van der Waals surface area contributed by atoms with Crippen molar-refractivity contribution in [1.82, 2.24) is 0 Å². The van der Waals surface area contributed by atoms with Gasteiger partial charge in [0, 0.05) is 5.56 Å². The fourth-order valence-electron chi connectivity index (χ4n) is 1.75. The predicted octanol–water partition coefficient (Wildman–Crippen LogP) is 6.31. The molecule has 0 aliphatic heterocycles. The molecule has 0 saturated carbocycles. The highest BCUT2D eigenvalue weighted by atomic mass is 35.5. The number of halogens is 5. The maximum Gasteiger partial charge on any atom is 0.146 e. The summed E-state index contributed by atoms with van der Waals surface area (Å²) in [6.07, 6.45) is 0.440. The summed E-state index contributed by atoms with van der Waals surface area (Å²) < 4.78 is 13.8. The first kappa shape index (κ1) is 14.9. The van der Waals surface area contributed by atoms with Crippen LogP contribution in [0.2, 0.25) is 15.1 Å². The first-order chi connectivity index (χ1) is 8.99. The van der Waals surface area contributed by atoms with Crippen molar-refractivity contribution in [3.05, 3.63) is 68.4 Å². The van der Waals surface area contributed by atoms with Crippen molar-refractivity contribution in [2.45, 2.75) is 11.8 Å². The first-order valence-corrected chi connectivity index (χ1v) is 7.08. The summed E-state index contributed by atoms with van der Waals surface area (Å²) in [7, 11) is 0. The van der Waals surface area contributed by atoms with E-state index in [9.17, 15) is 4.39 Å². The van der Waals surface area contributed by atoms with Crippen LogP contribution in [0.5, 0.6) is 0 Å². The highest BCUT2D eigenvalue weighted by molar-refractivity contribution is 6.42. The second kappa shape index (κ2) is 6.32. The van der Waals surface area contributed by atoms with Crippen LogP contribution in [0.25, 0.3) is 0 Å². The summed E-state index contributed by atoms with van der Waals surface area (Å²) in [5.74, 6) is -0.482. The standard InChI is InChI=1S/C14H9Cl4F/c15-10-5-4-8(7-13(10)18)6-12(17)9-2-1-3-11(16)14(9)19/h1-5,7,12H,6H2. The van der Waals surface area contributed by atoms with Crippen molar-refractivity contribution in [2.24, 2.45) is 0 Å². The van der Waals surface area contributed by atoms with Crippen molar-refractivity contribution in [3.8, 4) is 0 Å². The molecular formula is C14H9Cl4F. The molecule has 0 N–H and O–H groups in total. The second-order valence-corrected chi connectivity index (χ2v) is 5.81. The Bertz CT molecular complexity index is 598. The number of benzene rings is 2. The molecule has 0 aromatic heterocycles.